The third-order valence-electron chi connectivity index (χ3n) is 7.17. The van der Waals surface area contributed by atoms with Crippen LogP contribution in [0.4, 0.5) is 5.69 Å². The summed E-state index contributed by atoms with van der Waals surface area (Å²) in [7, 11) is 4.02. The third kappa shape index (κ3) is 7.37. The molecule has 0 spiro atoms. The van der Waals surface area contributed by atoms with Crippen LogP contribution < -0.4 is 4.90 Å². The van der Waals surface area contributed by atoms with Crippen molar-refractivity contribution in [1.82, 2.24) is 4.90 Å². The van der Waals surface area contributed by atoms with Crippen LogP contribution >= 0.6 is 0 Å². The number of aryl methyl sites for hydroxylation is 1. The first-order valence-electron chi connectivity index (χ1n) is 13.0. The van der Waals surface area contributed by atoms with Crippen LogP contribution in [-0.2, 0) is 11.2 Å². The van der Waals surface area contributed by atoms with Crippen molar-refractivity contribution in [1.29, 1.82) is 0 Å². The van der Waals surface area contributed by atoms with Crippen molar-refractivity contribution in [2.75, 3.05) is 45.3 Å². The highest BCUT2D eigenvalue weighted by Gasteiger charge is 2.39. The van der Waals surface area contributed by atoms with Gasteiger partial charge in [0.1, 0.15) is 0 Å². The van der Waals surface area contributed by atoms with Gasteiger partial charge in [0.2, 0.25) is 0 Å². The van der Waals surface area contributed by atoms with E-state index in [1.807, 2.05) is 56.6 Å². The molecule has 3 aromatic carbocycles. The van der Waals surface area contributed by atoms with Crippen molar-refractivity contribution in [3.63, 3.8) is 0 Å². The van der Waals surface area contributed by atoms with E-state index in [0.717, 1.165) is 49.5 Å². The number of Topliss-reactive ketones (excluding diaryl/α,β-unsaturated/α-hetero) is 2. The summed E-state index contributed by atoms with van der Waals surface area (Å²) in [4.78, 5) is 28.7. The Balaban J connectivity index is 0.000000356. The van der Waals surface area contributed by atoms with E-state index in [9.17, 15) is 9.59 Å². The molecule has 0 amide bonds. The van der Waals surface area contributed by atoms with Gasteiger partial charge in [-0.3, -0.25) is 14.5 Å². The molecule has 1 heterocycles. The fourth-order valence-corrected chi connectivity index (χ4v) is 4.67. The van der Waals surface area contributed by atoms with Gasteiger partial charge >= 0.3 is 0 Å². The molecule has 1 unspecified atom stereocenters. The molecule has 0 bridgehead atoms. The summed E-state index contributed by atoms with van der Waals surface area (Å²) < 4.78 is 5.43. The van der Waals surface area contributed by atoms with Crippen LogP contribution in [-0.4, -0.2) is 62.4 Å². The second kappa shape index (κ2) is 13.3. The van der Waals surface area contributed by atoms with Gasteiger partial charge in [-0.15, -0.1) is 0 Å². The summed E-state index contributed by atoms with van der Waals surface area (Å²) in [6.07, 6.45) is 1.47. The van der Waals surface area contributed by atoms with Crippen molar-refractivity contribution in [3.05, 3.63) is 101 Å². The van der Waals surface area contributed by atoms with Crippen LogP contribution in [0.2, 0.25) is 0 Å². The number of hydrogen-bond acceptors (Lipinski definition) is 5. The Morgan fingerprint density at radius 2 is 1.46 bits per heavy atom. The van der Waals surface area contributed by atoms with Crippen molar-refractivity contribution in [3.8, 4) is 0 Å². The monoisotopic (exact) mass is 500 g/mol. The number of benzene rings is 3. The quantitative estimate of drug-likeness (QED) is 0.363. The molecule has 5 heteroatoms. The highest BCUT2D eigenvalue weighted by molar-refractivity contribution is 6.03. The first-order valence-corrected chi connectivity index (χ1v) is 13.0. The number of anilines is 1. The SMILES string of the molecule is CC(=O)c1ccccc1.CCC(Cc1ccc(C)cc1)(C(=O)c1ccc(N2CCOCC2)cc1)N(C)C. The number of carbonyl (C=O) groups excluding carboxylic acids is 2. The molecule has 4 rings (SSSR count). The predicted molar refractivity (Wildman–Crippen MR) is 152 cm³/mol. The van der Waals surface area contributed by atoms with E-state index >= 15 is 0 Å². The average molecular weight is 501 g/mol. The molecule has 3 aromatic rings. The Bertz CT molecular complexity index is 1130. The van der Waals surface area contributed by atoms with Gasteiger partial charge in [0.25, 0.3) is 0 Å². The van der Waals surface area contributed by atoms with Crippen LogP contribution in [0.5, 0.6) is 0 Å². The summed E-state index contributed by atoms with van der Waals surface area (Å²) in [5, 5.41) is 0. The second-order valence-corrected chi connectivity index (χ2v) is 9.84. The minimum atomic E-state index is -0.546. The van der Waals surface area contributed by atoms with Crippen molar-refractivity contribution < 1.29 is 14.3 Å². The summed E-state index contributed by atoms with van der Waals surface area (Å²) in [6, 6.07) is 25.8. The van der Waals surface area contributed by atoms with Gasteiger partial charge < -0.3 is 9.64 Å². The Kier molecular flexibility index (Phi) is 10.2. The zero-order valence-electron chi connectivity index (χ0n) is 22.9. The highest BCUT2D eigenvalue weighted by atomic mass is 16.5. The zero-order chi connectivity index (χ0) is 26.8. The van der Waals surface area contributed by atoms with Gasteiger partial charge in [0.15, 0.2) is 11.6 Å². The largest absolute Gasteiger partial charge is 0.378 e. The Morgan fingerprint density at radius 1 is 0.865 bits per heavy atom. The van der Waals surface area contributed by atoms with Gasteiger partial charge in [0, 0.05) is 29.9 Å². The summed E-state index contributed by atoms with van der Waals surface area (Å²) in [5.41, 5.74) is 4.60. The number of ether oxygens (including phenoxy) is 1. The standard InChI is InChI=1S/C24H32N2O2.C8H8O/c1-5-24(25(3)4,18-20-8-6-19(2)7-9-20)23(27)21-10-12-22(13-11-21)26-14-16-28-17-15-26;1-7(9)8-5-3-2-4-6-8/h6-13H,5,14-18H2,1-4H3;2-6H,1H3. The molecule has 37 heavy (non-hydrogen) atoms. The van der Waals surface area contributed by atoms with Gasteiger partial charge in [-0.25, -0.2) is 0 Å². The lowest BCUT2D eigenvalue weighted by Gasteiger charge is -2.38. The number of ketones is 2. The number of likely N-dealkylation sites (N-methyl/N-ethyl adjacent to an activating group) is 1. The number of rotatable bonds is 8. The molecule has 1 saturated heterocycles. The molecule has 1 fully saturated rings. The molecule has 1 aliphatic rings. The molecule has 0 aromatic heterocycles. The first kappa shape index (κ1) is 28.3. The maximum absolute atomic E-state index is 13.6. The van der Waals surface area contributed by atoms with Gasteiger partial charge in [-0.1, -0.05) is 67.1 Å². The molecule has 0 saturated carbocycles. The van der Waals surface area contributed by atoms with E-state index < -0.39 is 5.54 Å². The van der Waals surface area contributed by atoms with E-state index in [-0.39, 0.29) is 11.6 Å². The molecule has 5 nitrogen and oxygen atoms in total. The van der Waals surface area contributed by atoms with Crippen LogP contribution in [0.15, 0.2) is 78.9 Å². The van der Waals surface area contributed by atoms with Crippen LogP contribution in [0, 0.1) is 6.92 Å². The minimum absolute atomic E-state index is 0.121. The summed E-state index contributed by atoms with van der Waals surface area (Å²) in [6.45, 7) is 9.08. The number of hydrogen-bond donors (Lipinski definition) is 0. The maximum Gasteiger partial charge on any atom is 0.183 e. The van der Waals surface area contributed by atoms with Crippen LogP contribution in [0.1, 0.15) is 52.1 Å². The lowest BCUT2D eigenvalue weighted by molar-refractivity contribution is 0.0666. The Morgan fingerprint density at radius 3 is 1.95 bits per heavy atom. The molecule has 1 aliphatic heterocycles. The predicted octanol–water partition coefficient (Wildman–Crippen LogP) is 5.86. The van der Waals surface area contributed by atoms with Crippen molar-refractivity contribution in [2.24, 2.45) is 0 Å². The number of carbonyl (C=O) groups is 2. The minimum Gasteiger partial charge on any atom is -0.378 e. The fourth-order valence-electron chi connectivity index (χ4n) is 4.67. The number of nitrogens with zero attached hydrogens (tertiary/aromatic N) is 2. The molecular formula is C32H40N2O3. The lowest BCUT2D eigenvalue weighted by Crippen LogP contribution is -2.52. The van der Waals surface area contributed by atoms with E-state index in [1.165, 1.54) is 11.1 Å². The third-order valence-corrected chi connectivity index (χ3v) is 7.17. The van der Waals surface area contributed by atoms with E-state index in [4.69, 9.17) is 4.74 Å². The lowest BCUT2D eigenvalue weighted by atomic mass is 9.80. The maximum atomic E-state index is 13.6. The molecule has 1 atom stereocenters. The number of morpholine rings is 1. The average Bonchev–Trinajstić information content (AvgIpc) is 2.93. The van der Waals surface area contributed by atoms with Gasteiger partial charge in [-0.2, -0.15) is 0 Å². The van der Waals surface area contributed by atoms with Crippen molar-refractivity contribution >= 4 is 17.3 Å². The van der Waals surface area contributed by atoms with Gasteiger partial charge in [0.05, 0.1) is 18.8 Å². The van der Waals surface area contributed by atoms with Gasteiger partial charge in [-0.05, 0) is 70.6 Å². The second-order valence-electron chi connectivity index (χ2n) is 9.84. The normalized spacial score (nSPS) is 14.9. The summed E-state index contributed by atoms with van der Waals surface area (Å²) in [5.74, 6) is 0.310. The van der Waals surface area contributed by atoms with Crippen LogP contribution in [0.25, 0.3) is 0 Å². The molecule has 0 N–H and O–H groups in total. The van der Waals surface area contributed by atoms with E-state index in [2.05, 4.69) is 60.0 Å². The smallest absolute Gasteiger partial charge is 0.183 e. The summed E-state index contributed by atoms with van der Waals surface area (Å²) >= 11 is 0. The Labute approximate surface area is 222 Å². The fraction of sp³-hybridized carbons (Fsp3) is 0.375. The van der Waals surface area contributed by atoms with E-state index in [0.29, 0.717) is 6.42 Å². The molecule has 196 valence electrons. The van der Waals surface area contributed by atoms with E-state index in [1.54, 1.807) is 6.92 Å². The molecule has 0 aliphatic carbocycles. The zero-order valence-corrected chi connectivity index (χ0v) is 22.9. The molecule has 0 radical (unpaired) electrons. The highest BCUT2D eigenvalue weighted by Crippen LogP contribution is 2.29. The Hall–Kier alpha value is -3.28. The van der Waals surface area contributed by atoms with Crippen LogP contribution in [0.3, 0.4) is 0 Å². The topological polar surface area (TPSA) is 49.9 Å². The molecular weight excluding hydrogens is 460 g/mol. The first-order chi connectivity index (χ1) is 17.8. The van der Waals surface area contributed by atoms with Crippen molar-refractivity contribution in [2.45, 2.75) is 39.2 Å².